The van der Waals surface area contributed by atoms with Crippen LogP contribution in [0.2, 0.25) is 0 Å². The Labute approximate surface area is 154 Å². The maximum atomic E-state index is 12.4. The Balaban J connectivity index is 1.46. The van der Waals surface area contributed by atoms with E-state index in [9.17, 15) is 4.79 Å². The molecule has 25 heavy (non-hydrogen) atoms. The number of carbonyl (C=O) groups is 1. The van der Waals surface area contributed by atoms with Crippen molar-refractivity contribution >= 4 is 39.0 Å². The molecule has 1 aromatic heterocycles. The van der Waals surface area contributed by atoms with Crippen molar-refractivity contribution in [3.8, 4) is 0 Å². The van der Waals surface area contributed by atoms with Gasteiger partial charge in [0, 0.05) is 17.6 Å². The first kappa shape index (κ1) is 16.1. The Morgan fingerprint density at radius 1 is 1.24 bits per heavy atom. The molecule has 1 saturated heterocycles. The molecule has 1 amide bonds. The van der Waals surface area contributed by atoms with E-state index >= 15 is 0 Å². The molecule has 1 fully saturated rings. The zero-order chi connectivity index (χ0) is 17.2. The van der Waals surface area contributed by atoms with Crippen molar-refractivity contribution in [3.05, 3.63) is 58.6 Å². The molecule has 1 aliphatic heterocycles. The number of hydrogen-bond donors (Lipinski definition) is 1. The summed E-state index contributed by atoms with van der Waals surface area (Å²) in [5.74, 6) is -0.0723. The number of fused-ring (bicyclic) bond motifs is 1. The minimum Gasteiger partial charge on any atom is -0.423 e. The Bertz CT molecular complexity index is 875. The zero-order valence-corrected chi connectivity index (χ0v) is 15.2. The second-order valence-electron chi connectivity index (χ2n) is 6.14. The normalized spacial score (nSPS) is 17.2. The van der Waals surface area contributed by atoms with Crippen LogP contribution in [0, 0.1) is 0 Å². The minimum atomic E-state index is -0.0723. The Kier molecular flexibility index (Phi) is 4.44. The largest absolute Gasteiger partial charge is 0.423 e. The van der Waals surface area contributed by atoms with E-state index in [-0.39, 0.29) is 11.9 Å². The molecular weight excluding hydrogens is 382 g/mol. The Hall–Kier alpha value is -2.34. The highest BCUT2D eigenvalue weighted by molar-refractivity contribution is 9.10. The number of amides is 1. The third-order valence-electron chi connectivity index (χ3n) is 4.52. The molecule has 0 spiro atoms. The van der Waals surface area contributed by atoms with Crippen LogP contribution in [-0.2, 0) is 0 Å². The fourth-order valence-corrected chi connectivity index (χ4v) is 3.70. The predicted molar refractivity (Wildman–Crippen MR) is 101 cm³/mol. The highest BCUT2D eigenvalue weighted by atomic mass is 79.9. The number of rotatable bonds is 4. The number of hydrogen-bond acceptors (Lipinski definition) is 4. The fraction of sp³-hybridized carbons (Fsp3) is 0.263. The number of aromatic nitrogens is 1. The molecule has 3 aromatic rings. The highest BCUT2D eigenvalue weighted by Gasteiger charge is 2.28. The van der Waals surface area contributed by atoms with Gasteiger partial charge in [0.15, 0.2) is 5.58 Å². The average Bonchev–Trinajstić information content (AvgIpc) is 3.26. The molecule has 4 rings (SSSR count). The molecule has 128 valence electrons. The van der Waals surface area contributed by atoms with E-state index in [1.54, 1.807) is 0 Å². The molecule has 1 aliphatic rings. The molecule has 2 heterocycles. The second-order valence-corrected chi connectivity index (χ2v) is 7.00. The molecule has 1 unspecified atom stereocenters. The van der Waals surface area contributed by atoms with Crippen molar-refractivity contribution in [2.45, 2.75) is 18.9 Å². The van der Waals surface area contributed by atoms with Gasteiger partial charge in [-0.25, -0.2) is 0 Å². The van der Waals surface area contributed by atoms with Gasteiger partial charge in [-0.2, -0.15) is 4.98 Å². The first-order valence-electron chi connectivity index (χ1n) is 8.37. The summed E-state index contributed by atoms with van der Waals surface area (Å²) >= 11 is 3.42. The van der Waals surface area contributed by atoms with Crippen LogP contribution in [0.25, 0.3) is 11.1 Å². The van der Waals surface area contributed by atoms with E-state index in [2.05, 4.69) is 31.1 Å². The summed E-state index contributed by atoms with van der Waals surface area (Å²) in [6.45, 7) is 1.46. The number of benzene rings is 2. The van der Waals surface area contributed by atoms with Crippen LogP contribution in [0.15, 0.2) is 57.4 Å². The van der Waals surface area contributed by atoms with E-state index < -0.39 is 0 Å². The van der Waals surface area contributed by atoms with Gasteiger partial charge in [0.25, 0.3) is 11.9 Å². The summed E-state index contributed by atoms with van der Waals surface area (Å²) in [5, 5.41) is 3.04. The van der Waals surface area contributed by atoms with E-state index in [0.717, 1.165) is 35.0 Å². The predicted octanol–water partition coefficient (Wildman–Crippen LogP) is 3.99. The van der Waals surface area contributed by atoms with Crippen molar-refractivity contribution in [2.75, 3.05) is 18.0 Å². The molecule has 0 aliphatic carbocycles. The van der Waals surface area contributed by atoms with Gasteiger partial charge in [0.1, 0.15) is 5.52 Å². The van der Waals surface area contributed by atoms with Gasteiger partial charge in [-0.05, 0) is 53.0 Å². The smallest absolute Gasteiger partial charge is 0.298 e. The van der Waals surface area contributed by atoms with Gasteiger partial charge >= 0.3 is 0 Å². The van der Waals surface area contributed by atoms with Gasteiger partial charge in [-0.3, -0.25) is 4.79 Å². The quantitative estimate of drug-likeness (QED) is 0.720. The van der Waals surface area contributed by atoms with Crippen LogP contribution in [-0.4, -0.2) is 30.0 Å². The number of nitrogens with zero attached hydrogens (tertiary/aromatic N) is 2. The third-order valence-corrected chi connectivity index (χ3v) is 5.21. The van der Waals surface area contributed by atoms with Crippen molar-refractivity contribution in [2.24, 2.45) is 0 Å². The van der Waals surface area contributed by atoms with Crippen LogP contribution in [0.5, 0.6) is 0 Å². The number of carbonyl (C=O) groups excluding carboxylic acids is 1. The van der Waals surface area contributed by atoms with Crippen molar-refractivity contribution < 1.29 is 9.21 Å². The molecule has 6 heteroatoms. The van der Waals surface area contributed by atoms with Gasteiger partial charge in [0.05, 0.1) is 11.6 Å². The highest BCUT2D eigenvalue weighted by Crippen LogP contribution is 2.28. The van der Waals surface area contributed by atoms with Gasteiger partial charge in [0.2, 0.25) is 0 Å². The zero-order valence-electron chi connectivity index (χ0n) is 13.6. The lowest BCUT2D eigenvalue weighted by molar-refractivity contribution is 0.0950. The topological polar surface area (TPSA) is 58.4 Å². The van der Waals surface area contributed by atoms with Crippen molar-refractivity contribution in [3.63, 3.8) is 0 Å². The maximum absolute atomic E-state index is 12.4. The lowest BCUT2D eigenvalue weighted by Gasteiger charge is -2.23. The van der Waals surface area contributed by atoms with Crippen molar-refractivity contribution in [1.29, 1.82) is 0 Å². The van der Waals surface area contributed by atoms with E-state index in [4.69, 9.17) is 4.42 Å². The number of oxazole rings is 1. The number of para-hydroxylation sites is 2. The van der Waals surface area contributed by atoms with Gasteiger partial charge in [-0.1, -0.05) is 24.3 Å². The molecule has 1 atom stereocenters. The van der Waals surface area contributed by atoms with Crippen LogP contribution < -0.4 is 10.2 Å². The summed E-state index contributed by atoms with van der Waals surface area (Å²) in [5.41, 5.74) is 2.30. The van der Waals surface area contributed by atoms with E-state index in [1.807, 2.05) is 48.5 Å². The second kappa shape index (κ2) is 6.88. The van der Waals surface area contributed by atoms with Crippen LogP contribution >= 0.6 is 15.9 Å². The molecule has 0 bridgehead atoms. The molecule has 5 nitrogen and oxygen atoms in total. The summed E-state index contributed by atoms with van der Waals surface area (Å²) in [4.78, 5) is 19.1. The fourth-order valence-electron chi connectivity index (χ4n) is 3.23. The third kappa shape index (κ3) is 3.26. The standard InChI is InChI=1S/C19H18BrN3O2/c20-15-8-2-1-7-14(15)18(24)21-12-13-6-5-11-23(13)19-22-16-9-3-4-10-17(16)25-19/h1-4,7-10,13H,5-6,11-12H2,(H,21,24). The average molecular weight is 400 g/mol. The first-order valence-corrected chi connectivity index (χ1v) is 9.16. The molecule has 2 aromatic carbocycles. The molecule has 1 N–H and O–H groups in total. The van der Waals surface area contributed by atoms with E-state index in [0.29, 0.717) is 18.1 Å². The number of nitrogens with one attached hydrogen (secondary N) is 1. The molecule has 0 radical (unpaired) electrons. The summed E-state index contributed by atoms with van der Waals surface area (Å²) in [6.07, 6.45) is 2.07. The number of halogens is 1. The Morgan fingerprint density at radius 3 is 2.88 bits per heavy atom. The lowest BCUT2D eigenvalue weighted by atomic mass is 10.2. The summed E-state index contributed by atoms with van der Waals surface area (Å²) in [6, 6.07) is 16.0. The monoisotopic (exact) mass is 399 g/mol. The Morgan fingerprint density at radius 2 is 2.04 bits per heavy atom. The van der Waals surface area contributed by atoms with E-state index in [1.165, 1.54) is 0 Å². The van der Waals surface area contributed by atoms with Crippen LogP contribution in [0.3, 0.4) is 0 Å². The maximum Gasteiger partial charge on any atom is 0.298 e. The van der Waals surface area contributed by atoms with Gasteiger partial charge in [-0.15, -0.1) is 0 Å². The molecule has 0 saturated carbocycles. The van der Waals surface area contributed by atoms with Crippen molar-refractivity contribution in [1.82, 2.24) is 10.3 Å². The lowest BCUT2D eigenvalue weighted by Crippen LogP contribution is -2.40. The summed E-state index contributed by atoms with van der Waals surface area (Å²) in [7, 11) is 0. The SMILES string of the molecule is O=C(NCC1CCCN1c1nc2ccccc2o1)c1ccccc1Br. The summed E-state index contributed by atoms with van der Waals surface area (Å²) < 4.78 is 6.69. The van der Waals surface area contributed by atoms with Gasteiger partial charge < -0.3 is 14.6 Å². The van der Waals surface area contributed by atoms with Crippen LogP contribution in [0.1, 0.15) is 23.2 Å². The minimum absolute atomic E-state index is 0.0723. The first-order chi connectivity index (χ1) is 12.2. The van der Waals surface area contributed by atoms with Crippen LogP contribution in [0.4, 0.5) is 6.01 Å². The number of anilines is 1. The molecular formula is C19H18BrN3O2.